The van der Waals surface area contributed by atoms with Crippen LogP contribution in [0.4, 0.5) is 0 Å². The summed E-state index contributed by atoms with van der Waals surface area (Å²) in [4.78, 5) is 328. The van der Waals surface area contributed by atoms with Crippen LogP contribution in [-0.4, -0.2) is 319 Å². The van der Waals surface area contributed by atoms with Gasteiger partial charge in [-0.2, -0.15) is 0 Å². The Balaban J connectivity index is 1.59. The Morgan fingerprint density at radius 2 is 0.816 bits per heavy atom. The van der Waals surface area contributed by atoms with Crippen molar-refractivity contribution < 1.29 is 166 Å². The Morgan fingerprint density at radius 1 is 0.434 bits per heavy atom. The molecule has 53 nitrogen and oxygen atoms in total. The van der Waals surface area contributed by atoms with E-state index < -0.39 is 348 Å². The van der Waals surface area contributed by atoms with E-state index in [4.69, 9.17) is 16.6 Å². The molecule has 0 saturated carbocycles. The lowest BCUT2D eigenvalue weighted by Crippen LogP contribution is -2.61. The molecule has 1 aliphatic heterocycles. The van der Waals surface area contributed by atoms with Gasteiger partial charge in [0.05, 0.1) is 50.5 Å². The number of phenolic OH excluding ortho intramolecular Hbond substituents is 1. The number of benzene rings is 2. The zero-order valence-electron chi connectivity index (χ0n) is 74.2. The molecule has 2 aromatic carbocycles. The van der Waals surface area contributed by atoms with Gasteiger partial charge in [-0.25, -0.2) is 9.78 Å². The Hall–Kier alpha value is -15.3. The van der Waals surface area contributed by atoms with Gasteiger partial charge in [-0.1, -0.05) is 76.6 Å². The average Bonchev–Trinajstić information content (AvgIpc) is 1.63. The highest BCUT2D eigenvalue weighted by Gasteiger charge is 2.44. The molecule has 746 valence electrons. The number of carbonyl (C=O) groups excluding carboxylic acids is 16. The fourth-order valence-electron chi connectivity index (χ4n) is 13.5. The lowest BCUT2D eigenvalue weighted by Gasteiger charge is -2.33. The molecule has 0 aliphatic carbocycles. The van der Waals surface area contributed by atoms with Gasteiger partial charge in [-0.15, -0.1) is 0 Å². The number of carboxylic acid groups (broad SMARTS) is 8. The first-order chi connectivity index (χ1) is 64.0. The lowest BCUT2D eigenvalue weighted by molar-refractivity contribution is -0.144. The van der Waals surface area contributed by atoms with Crippen molar-refractivity contribution in [3.05, 3.63) is 83.9 Å². The molecule has 1 fully saturated rings. The minimum absolute atomic E-state index is 0.0634. The van der Waals surface area contributed by atoms with E-state index >= 15 is 0 Å². The largest absolute Gasteiger partial charge is 0.508 e. The van der Waals surface area contributed by atoms with Crippen LogP contribution in [0, 0.1) is 11.8 Å². The molecule has 4 rings (SSSR count). The van der Waals surface area contributed by atoms with Crippen LogP contribution in [0.5, 0.6) is 5.75 Å². The molecule has 1 aromatic heterocycles. The van der Waals surface area contributed by atoms with Gasteiger partial charge in [0.1, 0.15) is 90.3 Å². The van der Waals surface area contributed by atoms with Gasteiger partial charge in [0, 0.05) is 64.1 Å². The number of hydrogen-bond acceptors (Lipinski definition) is 28. The fraction of sp³-hybridized carbons (Fsp3) is 0.530. The number of aromatic amines is 1. The van der Waals surface area contributed by atoms with Gasteiger partial charge < -0.3 is 147 Å². The number of aromatic hydroxyl groups is 1. The Bertz CT molecular complexity index is 4770. The van der Waals surface area contributed by atoms with Gasteiger partial charge in [0.2, 0.25) is 94.5 Å². The number of carboxylic acids is 8. The average molecular weight is 1920 g/mol. The van der Waals surface area contributed by atoms with Gasteiger partial charge >= 0.3 is 47.8 Å². The highest BCUT2D eigenvalue weighted by Crippen LogP contribution is 2.24. The van der Waals surface area contributed by atoms with E-state index in [-0.39, 0.29) is 61.6 Å². The second-order valence-electron chi connectivity index (χ2n) is 32.2. The van der Waals surface area contributed by atoms with E-state index in [0.717, 1.165) is 11.2 Å². The van der Waals surface area contributed by atoms with E-state index in [2.05, 4.69) is 68.5 Å². The molecule has 29 N–H and O–H groups in total. The van der Waals surface area contributed by atoms with Crippen LogP contribution in [0.1, 0.15) is 154 Å². The molecule has 136 heavy (non-hydrogen) atoms. The first-order valence-electron chi connectivity index (χ1n) is 42.7. The van der Waals surface area contributed by atoms with Gasteiger partial charge in [-0.3, -0.25) is 110 Å². The number of nitrogens with one attached hydrogen (secondary N) is 15. The molecule has 1 aliphatic rings. The maximum absolute atomic E-state index is 15.0. The normalized spacial score (nSPS) is 15.4. The molecule has 53 heteroatoms. The molecular formula is C83H115N19O34. The molecule has 0 spiro atoms. The Labute approximate surface area is 774 Å². The maximum Gasteiger partial charge on any atom is 0.326 e. The minimum Gasteiger partial charge on any atom is -0.508 e. The Kier molecular flexibility index (Phi) is 46.9. The highest BCUT2D eigenvalue weighted by molar-refractivity contribution is 6.02. The number of aromatic nitrogens is 2. The van der Waals surface area contributed by atoms with Gasteiger partial charge in [-0.05, 0) is 86.5 Å². The number of rotatable bonds is 62. The number of phenols is 1. The summed E-state index contributed by atoms with van der Waals surface area (Å²) in [6, 6.07) is -15.2. The van der Waals surface area contributed by atoms with Gasteiger partial charge in [0.25, 0.3) is 0 Å². The van der Waals surface area contributed by atoms with Crippen LogP contribution in [0.15, 0.2) is 67.1 Å². The number of aliphatic carboxylic acids is 8. The van der Waals surface area contributed by atoms with E-state index in [1.165, 1.54) is 67.7 Å². The van der Waals surface area contributed by atoms with Crippen molar-refractivity contribution in [2.45, 2.75) is 247 Å². The fourth-order valence-corrected chi connectivity index (χ4v) is 13.5. The van der Waals surface area contributed by atoms with Crippen molar-refractivity contribution in [3.8, 4) is 5.75 Å². The van der Waals surface area contributed by atoms with Crippen LogP contribution < -0.4 is 85.9 Å². The number of primary amides is 1. The van der Waals surface area contributed by atoms with E-state index in [0.29, 0.717) is 5.56 Å². The summed E-state index contributed by atoms with van der Waals surface area (Å²) in [5, 5.41) is 129. The number of carbonyl (C=O) groups is 24. The molecule has 1 saturated heterocycles. The third kappa shape index (κ3) is 40.4. The van der Waals surface area contributed by atoms with E-state index in [1.807, 2.05) is 16.0 Å². The molecule has 16 atom stereocenters. The topological polar surface area (TPSA) is 864 Å². The number of nitrogens with two attached hydrogens (primary N) is 2. The predicted octanol–water partition coefficient (Wildman–Crippen LogP) is -7.80. The first kappa shape index (κ1) is 113. The summed E-state index contributed by atoms with van der Waals surface area (Å²) in [6.07, 6.45) is -10.3. The lowest BCUT2D eigenvalue weighted by atomic mass is 9.96. The summed E-state index contributed by atoms with van der Waals surface area (Å²) >= 11 is 0. The summed E-state index contributed by atoms with van der Waals surface area (Å²) < 4.78 is 0. The summed E-state index contributed by atoms with van der Waals surface area (Å²) in [7, 11) is 0. The van der Waals surface area contributed by atoms with Crippen molar-refractivity contribution in [2.75, 3.05) is 19.7 Å². The second-order valence-corrected chi connectivity index (χ2v) is 32.2. The van der Waals surface area contributed by atoms with Crippen molar-refractivity contribution in [3.63, 3.8) is 0 Å². The minimum atomic E-state index is -2.23. The zero-order chi connectivity index (χ0) is 102. The molecule has 16 amide bonds. The predicted molar refractivity (Wildman–Crippen MR) is 461 cm³/mol. The van der Waals surface area contributed by atoms with Crippen molar-refractivity contribution in [2.24, 2.45) is 23.3 Å². The van der Waals surface area contributed by atoms with Crippen LogP contribution >= 0.6 is 0 Å². The number of aliphatic hydroxyl groups is 1. The summed E-state index contributed by atoms with van der Waals surface area (Å²) in [5.41, 5.74) is 11.7. The summed E-state index contributed by atoms with van der Waals surface area (Å²) in [5.74, 6) is -34.3. The van der Waals surface area contributed by atoms with Crippen LogP contribution in [0.2, 0.25) is 0 Å². The first-order valence-corrected chi connectivity index (χ1v) is 42.7. The molecular weight excluding hydrogens is 1810 g/mol. The maximum atomic E-state index is 15.0. The van der Waals surface area contributed by atoms with Crippen molar-refractivity contribution in [1.82, 2.24) is 89.3 Å². The number of imidazole rings is 1. The standard InChI is InChI=1S/C83H115N19O34/c1-5-40(4)68(82(134)102-27-9-12-58(102)81(133)93-48(20-25-64(113)114)72(124)90-47(19-24-63(111)112)73(125)94-51(30-42-13-15-44(104)16-14-42)76(128)99-56(83(135)136)28-39(2)3)101-74(126)49(21-26-65(115)116)91-71(123)46(18-23-62(109)110)92-75(127)50(29-41-10-7-6-8-11-41)95-79(131)55(34-67(119)120)89-60(106)36-87-70(122)54(33-66(117)118)98-78(130)53(32-59(85)105)97-77(129)52(31-43-35-86-38-88-43)96-80(132)57(37-103)100-69(121)45(84)17-22-61(107)108/h6-8,10-11,13-16,35,38-40,45-58,68,103-104H,5,9,12,17-34,36-37,84H2,1-4H3,(H2,85,105)(H,86,88)(H,87,122)(H,89,106)(H,90,124)(H,91,123)(H,92,127)(H,93,133)(H,94,125)(H,95,131)(H,96,132)(H,97,129)(H,98,130)(H,99,128)(H,100,121)(H,101,126)(H,107,108)(H,109,110)(H,111,112)(H,113,114)(H,115,116)(H,117,118)(H,119,120)(H,135,136)/t40-,45-,46-,47-,48-,49-,50-,51-,52-,53-,54-,55-,56-,57-,58-,68-/m0/s1. The smallest absolute Gasteiger partial charge is 0.326 e. The zero-order valence-corrected chi connectivity index (χ0v) is 74.2. The molecule has 0 unspecified atom stereocenters. The SMILES string of the molecule is CC[C@H](C)[C@H](NC(=O)[C@H](CCC(=O)O)NC(=O)[C@H](CCC(=O)O)NC(=O)[C@H](Cc1ccccc1)NC(=O)[C@H](CC(=O)O)NC(=O)CNC(=O)[C@H](CC(=O)O)NC(=O)[C@H](CC(N)=O)NC(=O)[C@H](Cc1c[nH]cn1)NC(=O)[C@H](CO)NC(=O)[C@@H](N)CCC(=O)O)C(=O)N1CCC[C@H]1C(=O)N[C@@H](CCC(=O)O)C(=O)N[C@@H](CCC(=O)O)C(=O)N[C@@H](Cc1ccc(O)cc1)C(=O)N[C@@H](CC(C)C)C(=O)O. The monoisotopic (exact) mass is 1920 g/mol. The number of nitrogens with zero attached hydrogens (tertiary/aromatic N) is 2. The Morgan fingerprint density at radius 3 is 1.24 bits per heavy atom. The highest BCUT2D eigenvalue weighted by atomic mass is 16.4. The van der Waals surface area contributed by atoms with E-state index in [1.54, 1.807) is 20.8 Å². The van der Waals surface area contributed by atoms with Crippen molar-refractivity contribution in [1.29, 1.82) is 0 Å². The van der Waals surface area contributed by atoms with Crippen LogP contribution in [-0.2, 0) is 134 Å². The molecule has 0 radical (unpaired) electrons. The van der Waals surface area contributed by atoms with Crippen LogP contribution in [0.3, 0.4) is 0 Å². The molecule has 3 aromatic rings. The number of hydrogen-bond donors (Lipinski definition) is 27. The third-order valence-electron chi connectivity index (χ3n) is 20.9. The number of amides is 16. The van der Waals surface area contributed by atoms with Gasteiger partial charge in [0.15, 0.2) is 0 Å². The molecule has 2 heterocycles. The van der Waals surface area contributed by atoms with Crippen molar-refractivity contribution >= 4 is 142 Å². The third-order valence-corrected chi connectivity index (χ3v) is 20.9. The number of H-pyrrole nitrogens is 1. The van der Waals surface area contributed by atoms with E-state index in [9.17, 15) is 161 Å². The number of aliphatic hydroxyl groups excluding tert-OH is 1. The second kappa shape index (κ2) is 56.5. The quantitative estimate of drug-likeness (QED) is 0.0250. The number of likely N-dealkylation sites (tertiary alicyclic amines) is 1. The summed E-state index contributed by atoms with van der Waals surface area (Å²) in [6.45, 7) is 3.76. The molecule has 0 bridgehead atoms. The van der Waals surface area contributed by atoms with Crippen LogP contribution in [0.25, 0.3) is 0 Å².